The Hall–Kier alpha value is -2.83. The van der Waals surface area contributed by atoms with Gasteiger partial charge in [0.25, 0.3) is 5.91 Å². The van der Waals surface area contributed by atoms with Crippen LogP contribution in [-0.4, -0.2) is 25.0 Å². The highest BCUT2D eigenvalue weighted by atomic mass is 32.1. The molecule has 27 heavy (non-hydrogen) atoms. The first-order valence-electron chi connectivity index (χ1n) is 8.95. The second-order valence-electron chi connectivity index (χ2n) is 6.78. The Bertz CT molecular complexity index is 937. The summed E-state index contributed by atoms with van der Waals surface area (Å²) in [5.41, 5.74) is 15.9. The average Bonchev–Trinajstić information content (AvgIpc) is 3.35. The smallest absolute Gasteiger partial charge is 0.255 e. The van der Waals surface area contributed by atoms with Crippen molar-refractivity contribution in [1.82, 2.24) is 0 Å². The Labute approximate surface area is 162 Å². The van der Waals surface area contributed by atoms with E-state index in [9.17, 15) is 4.79 Å². The molecule has 4 rings (SSSR count). The third-order valence-electron chi connectivity index (χ3n) is 4.83. The van der Waals surface area contributed by atoms with Crippen molar-refractivity contribution in [3.8, 4) is 10.4 Å². The van der Waals surface area contributed by atoms with Gasteiger partial charge in [-0.05, 0) is 59.8 Å². The molecule has 1 aliphatic heterocycles. The van der Waals surface area contributed by atoms with Crippen molar-refractivity contribution in [2.75, 3.05) is 29.0 Å². The zero-order valence-electron chi connectivity index (χ0n) is 14.9. The highest BCUT2D eigenvalue weighted by Gasteiger charge is 2.19. The standard InChI is InChI=1S/C21H22N4OS/c22-16-9-10-25(13-16)17-6-3-14(4-7-17)21(26)24-19-12-15(5-8-18(19)23)20-2-1-11-27-20/h1-8,11-12,16H,9-10,13,22-23H2,(H,24,26). The van der Waals surface area contributed by atoms with Crippen molar-refractivity contribution in [2.24, 2.45) is 5.73 Å². The molecule has 1 aromatic heterocycles. The number of hydrogen-bond donors (Lipinski definition) is 3. The number of nitrogens with two attached hydrogens (primary N) is 2. The largest absolute Gasteiger partial charge is 0.397 e. The van der Waals surface area contributed by atoms with Crippen LogP contribution in [0.25, 0.3) is 10.4 Å². The van der Waals surface area contributed by atoms with Gasteiger partial charge in [-0.1, -0.05) is 12.1 Å². The van der Waals surface area contributed by atoms with Crippen molar-refractivity contribution in [3.63, 3.8) is 0 Å². The maximum Gasteiger partial charge on any atom is 0.255 e. The van der Waals surface area contributed by atoms with Crippen LogP contribution in [0.3, 0.4) is 0 Å². The second kappa shape index (κ2) is 7.42. The molecule has 0 aliphatic carbocycles. The SMILES string of the molecule is Nc1ccc(-c2cccs2)cc1NC(=O)c1ccc(N2CCC(N)C2)cc1. The van der Waals surface area contributed by atoms with Crippen molar-refractivity contribution < 1.29 is 4.79 Å². The van der Waals surface area contributed by atoms with Crippen LogP contribution in [0.2, 0.25) is 0 Å². The first kappa shape index (κ1) is 17.6. The fourth-order valence-electron chi connectivity index (χ4n) is 3.30. The lowest BCUT2D eigenvalue weighted by atomic mass is 10.1. The van der Waals surface area contributed by atoms with Gasteiger partial charge < -0.3 is 21.7 Å². The summed E-state index contributed by atoms with van der Waals surface area (Å²) in [5.74, 6) is -0.172. The summed E-state index contributed by atoms with van der Waals surface area (Å²) in [6.07, 6.45) is 1.00. The predicted octanol–water partition coefficient (Wildman–Crippen LogP) is 3.79. The lowest BCUT2D eigenvalue weighted by Gasteiger charge is -2.18. The molecule has 138 valence electrons. The zero-order chi connectivity index (χ0) is 18.8. The van der Waals surface area contributed by atoms with Crippen LogP contribution in [0, 0.1) is 0 Å². The van der Waals surface area contributed by atoms with E-state index in [-0.39, 0.29) is 11.9 Å². The number of amides is 1. The maximum absolute atomic E-state index is 12.7. The quantitative estimate of drug-likeness (QED) is 0.603. The number of anilines is 3. The number of carbonyl (C=O) groups excluding carboxylic acids is 1. The van der Waals surface area contributed by atoms with E-state index in [4.69, 9.17) is 11.5 Å². The normalized spacial score (nSPS) is 16.5. The van der Waals surface area contributed by atoms with Gasteiger partial charge in [-0.2, -0.15) is 0 Å². The molecule has 6 heteroatoms. The minimum Gasteiger partial charge on any atom is -0.397 e. The van der Waals surface area contributed by atoms with Gasteiger partial charge in [0.05, 0.1) is 11.4 Å². The van der Waals surface area contributed by atoms with E-state index in [0.29, 0.717) is 16.9 Å². The van der Waals surface area contributed by atoms with Gasteiger partial charge >= 0.3 is 0 Å². The summed E-state index contributed by atoms with van der Waals surface area (Å²) in [6, 6.07) is 17.6. The molecular formula is C21H22N4OS. The molecule has 3 aromatic rings. The number of benzene rings is 2. The number of carbonyl (C=O) groups is 1. The van der Waals surface area contributed by atoms with Crippen LogP contribution >= 0.6 is 11.3 Å². The summed E-state index contributed by atoms with van der Waals surface area (Å²) >= 11 is 1.65. The molecular weight excluding hydrogens is 356 g/mol. The van der Waals surface area contributed by atoms with E-state index in [1.807, 2.05) is 60.0 Å². The number of nitrogens with zero attached hydrogens (tertiary/aromatic N) is 1. The van der Waals surface area contributed by atoms with Gasteiger partial charge in [-0.25, -0.2) is 0 Å². The van der Waals surface area contributed by atoms with Gasteiger partial charge in [0.1, 0.15) is 0 Å². The van der Waals surface area contributed by atoms with E-state index >= 15 is 0 Å². The monoisotopic (exact) mass is 378 g/mol. The summed E-state index contributed by atoms with van der Waals surface area (Å²) in [6.45, 7) is 1.82. The highest BCUT2D eigenvalue weighted by Crippen LogP contribution is 2.30. The Morgan fingerprint density at radius 2 is 1.96 bits per heavy atom. The predicted molar refractivity (Wildman–Crippen MR) is 113 cm³/mol. The van der Waals surface area contributed by atoms with E-state index in [1.54, 1.807) is 11.3 Å². The molecule has 1 aliphatic rings. The Morgan fingerprint density at radius 1 is 1.15 bits per heavy atom. The number of hydrogen-bond acceptors (Lipinski definition) is 5. The van der Waals surface area contributed by atoms with E-state index in [2.05, 4.69) is 10.2 Å². The summed E-state index contributed by atoms with van der Waals surface area (Å²) in [5, 5.41) is 4.96. The fourth-order valence-corrected chi connectivity index (χ4v) is 4.02. The molecule has 2 heterocycles. The highest BCUT2D eigenvalue weighted by molar-refractivity contribution is 7.13. The Morgan fingerprint density at radius 3 is 2.63 bits per heavy atom. The first-order valence-corrected chi connectivity index (χ1v) is 9.83. The number of nitrogen functional groups attached to an aromatic ring is 1. The molecule has 1 unspecified atom stereocenters. The number of nitrogens with one attached hydrogen (secondary N) is 1. The maximum atomic E-state index is 12.7. The lowest BCUT2D eigenvalue weighted by molar-refractivity contribution is 0.102. The molecule has 0 bridgehead atoms. The van der Waals surface area contributed by atoms with E-state index in [1.165, 1.54) is 0 Å². The molecule has 0 radical (unpaired) electrons. The van der Waals surface area contributed by atoms with Crippen molar-refractivity contribution >= 4 is 34.3 Å². The Kier molecular flexibility index (Phi) is 4.83. The molecule has 1 saturated heterocycles. The first-order chi connectivity index (χ1) is 13.1. The minimum atomic E-state index is -0.172. The van der Waals surface area contributed by atoms with Crippen molar-refractivity contribution in [2.45, 2.75) is 12.5 Å². The molecule has 2 aromatic carbocycles. The third kappa shape index (κ3) is 3.82. The van der Waals surface area contributed by atoms with Crippen LogP contribution in [0.4, 0.5) is 17.1 Å². The lowest BCUT2D eigenvalue weighted by Crippen LogP contribution is -2.26. The third-order valence-corrected chi connectivity index (χ3v) is 5.75. The fraction of sp³-hybridized carbons (Fsp3) is 0.190. The van der Waals surface area contributed by atoms with Gasteiger partial charge in [-0.15, -0.1) is 11.3 Å². The van der Waals surface area contributed by atoms with E-state index in [0.717, 1.165) is 35.6 Å². The zero-order valence-corrected chi connectivity index (χ0v) is 15.7. The summed E-state index contributed by atoms with van der Waals surface area (Å²) in [7, 11) is 0. The summed E-state index contributed by atoms with van der Waals surface area (Å²) < 4.78 is 0. The van der Waals surface area contributed by atoms with Gasteiger partial charge in [0.15, 0.2) is 0 Å². The number of thiophene rings is 1. The van der Waals surface area contributed by atoms with Crippen LogP contribution in [-0.2, 0) is 0 Å². The Balaban J connectivity index is 1.50. The molecule has 5 N–H and O–H groups in total. The van der Waals surface area contributed by atoms with Gasteiger partial charge in [-0.3, -0.25) is 4.79 Å². The van der Waals surface area contributed by atoms with E-state index < -0.39 is 0 Å². The second-order valence-corrected chi connectivity index (χ2v) is 7.72. The van der Waals surface area contributed by atoms with Crippen LogP contribution in [0.1, 0.15) is 16.8 Å². The molecule has 1 amide bonds. The van der Waals surface area contributed by atoms with Crippen LogP contribution in [0.5, 0.6) is 0 Å². The van der Waals surface area contributed by atoms with Crippen LogP contribution in [0.15, 0.2) is 60.0 Å². The molecule has 1 atom stereocenters. The molecule has 5 nitrogen and oxygen atoms in total. The van der Waals surface area contributed by atoms with Gasteiger partial charge in [0, 0.05) is 35.3 Å². The molecule has 0 saturated carbocycles. The van der Waals surface area contributed by atoms with Crippen molar-refractivity contribution in [1.29, 1.82) is 0 Å². The van der Waals surface area contributed by atoms with Gasteiger partial charge in [0.2, 0.25) is 0 Å². The summed E-state index contributed by atoms with van der Waals surface area (Å²) in [4.78, 5) is 16.0. The number of rotatable bonds is 4. The topological polar surface area (TPSA) is 84.4 Å². The van der Waals surface area contributed by atoms with Crippen LogP contribution < -0.4 is 21.7 Å². The van der Waals surface area contributed by atoms with Crippen molar-refractivity contribution in [3.05, 3.63) is 65.5 Å². The molecule has 0 spiro atoms. The minimum absolute atomic E-state index is 0.172. The average molecular weight is 379 g/mol. The molecule has 1 fully saturated rings.